The highest BCUT2D eigenvalue weighted by atomic mass is 14.9. The Morgan fingerprint density at radius 2 is 1.27 bits per heavy atom. The van der Waals surface area contributed by atoms with Crippen LogP contribution in [0.2, 0.25) is 0 Å². The molecule has 0 radical (unpaired) electrons. The van der Waals surface area contributed by atoms with Crippen LogP contribution in [0, 0.1) is 0 Å². The summed E-state index contributed by atoms with van der Waals surface area (Å²) in [6.45, 7) is 7.17. The van der Waals surface area contributed by atoms with Crippen LogP contribution in [0.25, 0.3) is 0 Å². The number of nitrogens with zero attached hydrogens (tertiary/aromatic N) is 2. The molecule has 0 aromatic carbocycles. The van der Waals surface area contributed by atoms with Crippen molar-refractivity contribution in [3.05, 3.63) is 0 Å². The Morgan fingerprint density at radius 3 is 1.64 bits per heavy atom. The van der Waals surface area contributed by atoms with Crippen molar-refractivity contribution in [3.8, 4) is 0 Å². The molecule has 1 aliphatic carbocycles. The lowest BCUT2D eigenvalue weighted by molar-refractivity contribution is 0.510. The summed E-state index contributed by atoms with van der Waals surface area (Å²) in [6, 6.07) is 0.685. The van der Waals surface area contributed by atoms with Gasteiger partial charge in [0.25, 0.3) is 0 Å². The van der Waals surface area contributed by atoms with Gasteiger partial charge in [0.1, 0.15) is 0 Å². The Labute approximate surface area is 68.4 Å². The minimum atomic E-state index is 0.343. The molecule has 0 spiro atoms. The summed E-state index contributed by atoms with van der Waals surface area (Å²) in [5.41, 5.74) is 0. The van der Waals surface area contributed by atoms with Crippen LogP contribution in [-0.2, 0) is 0 Å². The van der Waals surface area contributed by atoms with Crippen molar-refractivity contribution >= 4 is 13.4 Å². The standard InChI is InChI=1S/C9H16N2/c1-10-8-6-4-3-5-7-9(8)11-2/h8-9H,1-7H2. The zero-order valence-electron chi connectivity index (χ0n) is 7.00. The molecular weight excluding hydrogens is 136 g/mol. The molecule has 1 fully saturated rings. The molecule has 0 aromatic heterocycles. The summed E-state index contributed by atoms with van der Waals surface area (Å²) in [5.74, 6) is 0. The van der Waals surface area contributed by atoms with E-state index in [1.54, 1.807) is 0 Å². The Hall–Kier alpha value is -0.660. The fourth-order valence-electron chi connectivity index (χ4n) is 1.69. The first-order valence-corrected chi connectivity index (χ1v) is 4.30. The molecule has 0 aliphatic heterocycles. The molecule has 0 heterocycles. The second kappa shape index (κ2) is 4.27. The average molecular weight is 152 g/mol. The van der Waals surface area contributed by atoms with E-state index in [2.05, 4.69) is 23.4 Å². The highest BCUT2D eigenvalue weighted by molar-refractivity contribution is 5.27. The van der Waals surface area contributed by atoms with Crippen LogP contribution in [0.4, 0.5) is 0 Å². The normalized spacial score (nSPS) is 32.4. The molecule has 0 N–H and O–H groups in total. The Morgan fingerprint density at radius 1 is 0.818 bits per heavy atom. The molecule has 2 heteroatoms. The van der Waals surface area contributed by atoms with E-state index in [4.69, 9.17) is 0 Å². The number of hydrogen-bond donors (Lipinski definition) is 0. The van der Waals surface area contributed by atoms with Crippen molar-refractivity contribution in [3.63, 3.8) is 0 Å². The van der Waals surface area contributed by atoms with Crippen molar-refractivity contribution in [2.24, 2.45) is 9.98 Å². The summed E-state index contributed by atoms with van der Waals surface area (Å²) >= 11 is 0. The second-order valence-electron chi connectivity index (χ2n) is 3.14. The van der Waals surface area contributed by atoms with Crippen molar-refractivity contribution in [2.75, 3.05) is 0 Å². The van der Waals surface area contributed by atoms with Crippen molar-refractivity contribution in [1.82, 2.24) is 0 Å². The zero-order chi connectivity index (χ0) is 8.10. The first kappa shape index (κ1) is 8.44. The fraction of sp³-hybridized carbons (Fsp3) is 0.778. The molecule has 11 heavy (non-hydrogen) atoms. The molecule has 0 saturated heterocycles. The molecule has 0 bridgehead atoms. The topological polar surface area (TPSA) is 24.7 Å². The number of hydrogen-bond acceptors (Lipinski definition) is 2. The maximum atomic E-state index is 4.08. The van der Waals surface area contributed by atoms with Crippen LogP contribution in [0.15, 0.2) is 9.98 Å². The van der Waals surface area contributed by atoms with Gasteiger partial charge >= 0.3 is 0 Å². The smallest absolute Gasteiger partial charge is 0.0715 e. The Balaban J connectivity index is 2.54. The van der Waals surface area contributed by atoms with E-state index in [0.717, 1.165) is 12.8 Å². The minimum absolute atomic E-state index is 0.343. The average Bonchev–Trinajstić information content (AvgIpc) is 2.27. The number of rotatable bonds is 2. The van der Waals surface area contributed by atoms with E-state index in [1.807, 2.05) is 0 Å². The van der Waals surface area contributed by atoms with Crippen LogP contribution >= 0.6 is 0 Å². The Bertz CT molecular complexity index is 126. The molecule has 2 nitrogen and oxygen atoms in total. The van der Waals surface area contributed by atoms with E-state index >= 15 is 0 Å². The molecular formula is C9H16N2. The van der Waals surface area contributed by atoms with Crippen molar-refractivity contribution in [2.45, 2.75) is 44.2 Å². The summed E-state index contributed by atoms with van der Waals surface area (Å²) in [7, 11) is 0. The molecule has 62 valence electrons. The van der Waals surface area contributed by atoms with Crippen LogP contribution in [0.5, 0.6) is 0 Å². The van der Waals surface area contributed by atoms with Crippen molar-refractivity contribution in [1.29, 1.82) is 0 Å². The molecule has 0 amide bonds. The summed E-state index contributed by atoms with van der Waals surface area (Å²) < 4.78 is 0. The zero-order valence-corrected chi connectivity index (χ0v) is 7.00. The van der Waals surface area contributed by atoms with Gasteiger partial charge in [-0.3, -0.25) is 9.98 Å². The van der Waals surface area contributed by atoms with Gasteiger partial charge in [-0.15, -0.1) is 0 Å². The first-order valence-electron chi connectivity index (χ1n) is 4.30. The second-order valence-corrected chi connectivity index (χ2v) is 3.14. The van der Waals surface area contributed by atoms with Crippen LogP contribution in [-0.4, -0.2) is 25.5 Å². The number of aliphatic imine (C=N–C) groups is 2. The third kappa shape index (κ3) is 2.14. The summed E-state index contributed by atoms with van der Waals surface area (Å²) in [5, 5.41) is 0. The molecule has 1 rings (SSSR count). The third-order valence-electron chi connectivity index (χ3n) is 2.41. The predicted molar refractivity (Wildman–Crippen MR) is 49.8 cm³/mol. The van der Waals surface area contributed by atoms with E-state index in [0.29, 0.717) is 12.1 Å². The third-order valence-corrected chi connectivity index (χ3v) is 2.41. The largest absolute Gasteiger partial charge is 0.295 e. The lowest BCUT2D eigenvalue weighted by Gasteiger charge is -2.15. The molecule has 1 saturated carbocycles. The van der Waals surface area contributed by atoms with Gasteiger partial charge < -0.3 is 0 Å². The lowest BCUT2D eigenvalue weighted by Crippen LogP contribution is -2.20. The van der Waals surface area contributed by atoms with E-state index in [9.17, 15) is 0 Å². The molecule has 2 atom stereocenters. The summed E-state index contributed by atoms with van der Waals surface area (Å²) in [6.07, 6.45) is 6.16. The summed E-state index contributed by atoms with van der Waals surface area (Å²) in [4.78, 5) is 8.15. The maximum absolute atomic E-state index is 4.08. The highest BCUT2D eigenvalue weighted by Gasteiger charge is 2.20. The molecule has 2 unspecified atom stereocenters. The van der Waals surface area contributed by atoms with Gasteiger partial charge in [0.05, 0.1) is 12.1 Å². The monoisotopic (exact) mass is 152 g/mol. The minimum Gasteiger partial charge on any atom is -0.295 e. The van der Waals surface area contributed by atoms with E-state index < -0.39 is 0 Å². The van der Waals surface area contributed by atoms with Gasteiger partial charge in [-0.1, -0.05) is 19.3 Å². The van der Waals surface area contributed by atoms with Gasteiger partial charge in [0.2, 0.25) is 0 Å². The maximum Gasteiger partial charge on any atom is 0.0715 e. The van der Waals surface area contributed by atoms with Gasteiger partial charge in [0.15, 0.2) is 0 Å². The van der Waals surface area contributed by atoms with Crippen LogP contribution in [0.3, 0.4) is 0 Å². The lowest BCUT2D eigenvalue weighted by atomic mass is 10.1. The van der Waals surface area contributed by atoms with Crippen molar-refractivity contribution < 1.29 is 0 Å². The first-order chi connectivity index (χ1) is 5.38. The highest BCUT2D eigenvalue weighted by Crippen LogP contribution is 2.22. The van der Waals surface area contributed by atoms with Crippen LogP contribution in [0.1, 0.15) is 32.1 Å². The SMILES string of the molecule is C=NC1CCCCCC1N=C. The predicted octanol–water partition coefficient (Wildman–Crippen LogP) is 2.09. The van der Waals surface area contributed by atoms with Gasteiger partial charge in [-0.25, -0.2) is 0 Å². The fourth-order valence-corrected chi connectivity index (χ4v) is 1.69. The van der Waals surface area contributed by atoms with Gasteiger partial charge in [-0.05, 0) is 26.3 Å². The van der Waals surface area contributed by atoms with Gasteiger partial charge in [0, 0.05) is 0 Å². The van der Waals surface area contributed by atoms with Crippen LogP contribution < -0.4 is 0 Å². The van der Waals surface area contributed by atoms with E-state index in [-0.39, 0.29) is 0 Å². The van der Waals surface area contributed by atoms with E-state index in [1.165, 1.54) is 19.3 Å². The Kier molecular flexibility index (Phi) is 3.27. The molecule has 0 aromatic rings. The van der Waals surface area contributed by atoms with Gasteiger partial charge in [-0.2, -0.15) is 0 Å². The molecule has 1 aliphatic rings. The quantitative estimate of drug-likeness (QED) is 0.427.